The molecule has 0 saturated carbocycles. The molecule has 0 saturated heterocycles. The van der Waals surface area contributed by atoms with E-state index in [4.69, 9.17) is 0 Å². The Morgan fingerprint density at radius 3 is 3.10 bits per heavy atom. The molecule has 1 nitrogen and oxygen atoms in total. The fraction of sp³-hybridized carbons (Fsp3) is 0.222. The van der Waals surface area contributed by atoms with Gasteiger partial charge < -0.3 is 0 Å². The summed E-state index contributed by atoms with van der Waals surface area (Å²) in [5, 5.41) is 0. The van der Waals surface area contributed by atoms with Crippen molar-refractivity contribution in [2.75, 3.05) is 6.54 Å². The molecule has 0 atom stereocenters. The first-order valence-electron chi connectivity index (χ1n) is 3.55. The first kappa shape index (κ1) is 5.66. The molecule has 50 valence electrons. The second kappa shape index (κ2) is 2.25. The average molecular weight is 131 g/mol. The zero-order valence-electron chi connectivity index (χ0n) is 5.75. The Hall–Kier alpha value is -1.11. The minimum atomic E-state index is 0.844. The number of hydrogen-bond acceptors (Lipinski definition) is 1. The van der Waals surface area contributed by atoms with Crippen LogP contribution in [0, 0.1) is 0 Å². The van der Waals surface area contributed by atoms with Crippen molar-refractivity contribution in [2.24, 2.45) is 4.99 Å². The van der Waals surface area contributed by atoms with Crippen molar-refractivity contribution in [3.05, 3.63) is 36.0 Å². The lowest BCUT2D eigenvalue weighted by Gasteiger charge is -2.09. The van der Waals surface area contributed by atoms with E-state index in [1.54, 1.807) is 0 Å². The summed E-state index contributed by atoms with van der Waals surface area (Å²) < 4.78 is 0. The maximum atomic E-state index is 4.33. The molecule has 2 aliphatic rings. The monoisotopic (exact) mass is 131 g/mol. The van der Waals surface area contributed by atoms with Crippen molar-refractivity contribution in [1.29, 1.82) is 0 Å². The van der Waals surface area contributed by atoms with Crippen molar-refractivity contribution in [2.45, 2.75) is 6.42 Å². The summed E-state index contributed by atoms with van der Waals surface area (Å²) in [6.07, 6.45) is 11.7. The van der Waals surface area contributed by atoms with Gasteiger partial charge in [0.1, 0.15) is 0 Å². The number of hydrogen-bond donors (Lipinski definition) is 0. The molecular weight excluding hydrogens is 122 g/mol. The zero-order valence-corrected chi connectivity index (χ0v) is 5.75. The first-order valence-corrected chi connectivity index (χ1v) is 3.55. The lowest BCUT2D eigenvalue weighted by Crippen LogP contribution is -2.04. The highest BCUT2D eigenvalue weighted by Gasteiger charge is 2.05. The fourth-order valence-electron chi connectivity index (χ4n) is 1.20. The minimum absolute atomic E-state index is 0.844. The van der Waals surface area contributed by atoms with Gasteiger partial charge in [-0.3, -0.25) is 4.99 Å². The third kappa shape index (κ3) is 0.838. The standard InChI is InChI=1S/C9H9N/c1-2-6-9-8(4-1)5-3-7-10-9/h2-6H,1,7H2. The molecule has 2 rings (SSSR count). The van der Waals surface area contributed by atoms with Gasteiger partial charge >= 0.3 is 0 Å². The quantitative estimate of drug-likeness (QED) is 0.476. The molecule has 0 fully saturated rings. The normalized spacial score (nSPS) is 21.6. The van der Waals surface area contributed by atoms with Crippen LogP contribution in [0.15, 0.2) is 40.9 Å². The third-order valence-corrected chi connectivity index (χ3v) is 1.71. The van der Waals surface area contributed by atoms with Crippen LogP contribution in [0.5, 0.6) is 0 Å². The van der Waals surface area contributed by atoms with Crippen LogP contribution in [-0.2, 0) is 0 Å². The Kier molecular flexibility index (Phi) is 1.28. The molecule has 0 amide bonds. The van der Waals surface area contributed by atoms with Gasteiger partial charge in [-0.1, -0.05) is 24.3 Å². The van der Waals surface area contributed by atoms with Gasteiger partial charge in [-0.15, -0.1) is 0 Å². The average Bonchev–Trinajstić information content (AvgIpc) is 2.05. The lowest BCUT2D eigenvalue weighted by molar-refractivity contribution is 1.20. The molecule has 1 heterocycles. The van der Waals surface area contributed by atoms with E-state index < -0.39 is 0 Å². The minimum Gasteiger partial charge on any atom is -0.281 e. The van der Waals surface area contributed by atoms with Gasteiger partial charge in [0.25, 0.3) is 0 Å². The molecule has 0 radical (unpaired) electrons. The number of allylic oxidation sites excluding steroid dienone is 5. The van der Waals surface area contributed by atoms with Crippen LogP contribution in [0.1, 0.15) is 6.42 Å². The van der Waals surface area contributed by atoms with Crippen LogP contribution in [0.4, 0.5) is 0 Å². The van der Waals surface area contributed by atoms with Crippen molar-refractivity contribution < 1.29 is 0 Å². The molecule has 0 aromatic rings. The Balaban J connectivity index is 2.38. The number of aliphatic imine (C=N–C) groups is 1. The van der Waals surface area contributed by atoms with E-state index >= 15 is 0 Å². The van der Waals surface area contributed by atoms with Crippen molar-refractivity contribution in [1.82, 2.24) is 0 Å². The third-order valence-electron chi connectivity index (χ3n) is 1.71. The molecule has 0 unspecified atom stereocenters. The Labute approximate surface area is 60.5 Å². The Morgan fingerprint density at radius 2 is 2.20 bits per heavy atom. The smallest absolute Gasteiger partial charge is 0.0644 e. The second-order valence-corrected chi connectivity index (χ2v) is 2.43. The first-order chi connectivity index (χ1) is 4.97. The van der Waals surface area contributed by atoms with E-state index in [0.717, 1.165) is 18.7 Å². The SMILES string of the molecule is C1=CC2=NCC=CC2=CC1. The molecule has 1 aliphatic carbocycles. The van der Waals surface area contributed by atoms with Gasteiger partial charge in [0.15, 0.2) is 0 Å². The van der Waals surface area contributed by atoms with Crippen LogP contribution in [0.2, 0.25) is 0 Å². The summed E-state index contributed by atoms with van der Waals surface area (Å²) in [7, 11) is 0. The number of fused-ring (bicyclic) bond motifs is 1. The summed E-state index contributed by atoms with van der Waals surface area (Å²) in [5.74, 6) is 0. The van der Waals surface area contributed by atoms with Crippen LogP contribution in [0.25, 0.3) is 0 Å². The predicted octanol–water partition coefficient (Wildman–Crippen LogP) is 1.88. The molecule has 1 aliphatic heterocycles. The Bertz CT molecular complexity index is 226. The highest BCUT2D eigenvalue weighted by molar-refractivity contribution is 6.11. The Morgan fingerprint density at radius 1 is 1.20 bits per heavy atom. The number of rotatable bonds is 0. The van der Waals surface area contributed by atoms with Crippen molar-refractivity contribution in [3.63, 3.8) is 0 Å². The number of dihydropyridines is 1. The molecule has 0 bridgehead atoms. The summed E-state index contributed by atoms with van der Waals surface area (Å²) in [4.78, 5) is 4.33. The van der Waals surface area contributed by atoms with Gasteiger partial charge in [-0.25, -0.2) is 0 Å². The summed E-state index contributed by atoms with van der Waals surface area (Å²) in [6.45, 7) is 0.844. The highest BCUT2D eigenvalue weighted by atomic mass is 14.7. The van der Waals surface area contributed by atoms with Gasteiger partial charge in [0.05, 0.1) is 12.3 Å². The topological polar surface area (TPSA) is 12.4 Å². The van der Waals surface area contributed by atoms with E-state index in [2.05, 4.69) is 35.4 Å². The molecular formula is C9H9N. The van der Waals surface area contributed by atoms with Crippen LogP contribution >= 0.6 is 0 Å². The van der Waals surface area contributed by atoms with Crippen LogP contribution in [-0.4, -0.2) is 12.3 Å². The molecule has 1 heteroatoms. The van der Waals surface area contributed by atoms with Gasteiger partial charge in [0, 0.05) is 0 Å². The molecule has 0 spiro atoms. The van der Waals surface area contributed by atoms with Crippen molar-refractivity contribution >= 4 is 5.71 Å². The van der Waals surface area contributed by atoms with E-state index in [1.165, 1.54) is 5.57 Å². The lowest BCUT2D eigenvalue weighted by atomic mass is 10.0. The zero-order chi connectivity index (χ0) is 6.81. The summed E-state index contributed by atoms with van der Waals surface area (Å²) in [6, 6.07) is 0. The highest BCUT2D eigenvalue weighted by Crippen LogP contribution is 2.13. The van der Waals surface area contributed by atoms with Gasteiger partial charge in [0.2, 0.25) is 0 Å². The van der Waals surface area contributed by atoms with E-state index in [9.17, 15) is 0 Å². The van der Waals surface area contributed by atoms with Crippen molar-refractivity contribution in [3.8, 4) is 0 Å². The van der Waals surface area contributed by atoms with E-state index in [-0.39, 0.29) is 0 Å². The van der Waals surface area contributed by atoms with Crippen LogP contribution < -0.4 is 0 Å². The molecule has 10 heavy (non-hydrogen) atoms. The van der Waals surface area contributed by atoms with Gasteiger partial charge in [-0.05, 0) is 18.1 Å². The van der Waals surface area contributed by atoms with E-state index in [1.807, 2.05) is 0 Å². The second-order valence-electron chi connectivity index (χ2n) is 2.43. The molecule has 0 N–H and O–H groups in total. The van der Waals surface area contributed by atoms with Crippen LogP contribution in [0.3, 0.4) is 0 Å². The van der Waals surface area contributed by atoms with E-state index in [0.29, 0.717) is 0 Å². The predicted molar refractivity (Wildman–Crippen MR) is 43.3 cm³/mol. The molecule has 0 aromatic carbocycles. The molecule has 0 aromatic heterocycles. The summed E-state index contributed by atoms with van der Waals surface area (Å²) in [5.41, 5.74) is 2.43. The maximum absolute atomic E-state index is 4.33. The largest absolute Gasteiger partial charge is 0.281 e. The summed E-state index contributed by atoms with van der Waals surface area (Å²) >= 11 is 0. The number of nitrogens with zero attached hydrogens (tertiary/aromatic N) is 1. The van der Waals surface area contributed by atoms with Gasteiger partial charge in [-0.2, -0.15) is 0 Å². The fourth-order valence-corrected chi connectivity index (χ4v) is 1.20. The maximum Gasteiger partial charge on any atom is 0.0644 e.